The van der Waals surface area contributed by atoms with Crippen molar-refractivity contribution >= 4 is 29.0 Å². The molecular formula is C19H16FNO3S. The number of imide groups is 1. The average molecular weight is 357 g/mol. The molecule has 2 aromatic carbocycles. The van der Waals surface area contributed by atoms with Crippen LogP contribution in [-0.4, -0.2) is 22.6 Å². The number of hydrogen-bond donors (Lipinski definition) is 0. The fourth-order valence-electron chi connectivity index (χ4n) is 2.36. The summed E-state index contributed by atoms with van der Waals surface area (Å²) >= 11 is 0.940. The van der Waals surface area contributed by atoms with E-state index in [-0.39, 0.29) is 23.6 Å². The summed E-state index contributed by atoms with van der Waals surface area (Å²) < 4.78 is 19.1. The molecule has 1 aliphatic rings. The molecule has 0 bridgehead atoms. The number of rotatable bonds is 5. The van der Waals surface area contributed by atoms with Gasteiger partial charge in [0.2, 0.25) is 0 Å². The summed E-state index contributed by atoms with van der Waals surface area (Å²) in [6.45, 7) is 2.27. The van der Waals surface area contributed by atoms with E-state index in [0.717, 1.165) is 17.3 Å². The number of halogens is 1. The number of benzene rings is 2. The van der Waals surface area contributed by atoms with E-state index in [1.807, 2.05) is 0 Å². The molecule has 0 atom stereocenters. The van der Waals surface area contributed by atoms with Crippen LogP contribution < -0.4 is 4.74 Å². The quantitative estimate of drug-likeness (QED) is 0.741. The number of thioether (sulfide) groups is 1. The van der Waals surface area contributed by atoms with Gasteiger partial charge in [-0.2, -0.15) is 0 Å². The van der Waals surface area contributed by atoms with Crippen molar-refractivity contribution in [3.63, 3.8) is 0 Å². The first-order valence-corrected chi connectivity index (χ1v) is 8.61. The first-order valence-electron chi connectivity index (χ1n) is 7.80. The van der Waals surface area contributed by atoms with Gasteiger partial charge in [0.1, 0.15) is 18.2 Å². The lowest BCUT2D eigenvalue weighted by Crippen LogP contribution is -2.27. The molecule has 128 valence electrons. The second-order valence-electron chi connectivity index (χ2n) is 5.38. The van der Waals surface area contributed by atoms with Crippen molar-refractivity contribution in [3.8, 4) is 5.75 Å². The first kappa shape index (κ1) is 17.2. The minimum absolute atomic E-state index is 0.140. The van der Waals surface area contributed by atoms with E-state index in [4.69, 9.17) is 4.74 Å². The fourth-order valence-corrected chi connectivity index (χ4v) is 3.26. The van der Waals surface area contributed by atoms with E-state index in [9.17, 15) is 14.0 Å². The minimum atomic E-state index is -0.300. The number of ether oxygens (including phenoxy) is 1. The molecule has 2 aromatic rings. The van der Waals surface area contributed by atoms with Gasteiger partial charge in [-0.25, -0.2) is 4.39 Å². The highest BCUT2D eigenvalue weighted by atomic mass is 32.2. The van der Waals surface area contributed by atoms with Gasteiger partial charge in [0.15, 0.2) is 0 Å². The molecular weight excluding hydrogens is 341 g/mol. The Hall–Kier alpha value is -2.60. The van der Waals surface area contributed by atoms with E-state index in [2.05, 4.69) is 0 Å². The summed E-state index contributed by atoms with van der Waals surface area (Å²) in [5.74, 6) is 0.0326. The standard InChI is InChI=1S/C19H16FNO3S/c1-2-21-18(22)17(25-19(21)23)11-13-7-9-15(10-8-13)24-12-14-5-3-4-6-16(14)20/h3-11H,2,12H2,1H3/b17-11+. The Balaban J connectivity index is 1.67. The number of amides is 2. The molecule has 4 nitrogen and oxygen atoms in total. The second-order valence-corrected chi connectivity index (χ2v) is 6.37. The number of nitrogens with zero attached hydrogens (tertiary/aromatic N) is 1. The molecule has 1 saturated heterocycles. The van der Waals surface area contributed by atoms with Crippen LogP contribution in [0.5, 0.6) is 5.75 Å². The zero-order chi connectivity index (χ0) is 17.8. The Bertz CT molecular complexity index is 833. The van der Waals surface area contributed by atoms with Gasteiger partial charge in [-0.1, -0.05) is 30.3 Å². The van der Waals surface area contributed by atoms with Crippen molar-refractivity contribution < 1.29 is 18.7 Å². The summed E-state index contributed by atoms with van der Waals surface area (Å²) in [6, 6.07) is 13.5. The summed E-state index contributed by atoms with van der Waals surface area (Å²) in [6.07, 6.45) is 1.68. The Kier molecular flexibility index (Phi) is 5.19. The largest absolute Gasteiger partial charge is 0.489 e. The fraction of sp³-hybridized carbons (Fsp3) is 0.158. The molecule has 1 aliphatic heterocycles. The van der Waals surface area contributed by atoms with Crippen LogP contribution in [-0.2, 0) is 11.4 Å². The molecule has 0 radical (unpaired) electrons. The van der Waals surface area contributed by atoms with Gasteiger partial charge in [-0.05, 0) is 48.5 Å². The maximum Gasteiger partial charge on any atom is 0.293 e. The van der Waals surface area contributed by atoms with Crippen LogP contribution in [0, 0.1) is 5.82 Å². The molecule has 0 unspecified atom stereocenters. The zero-order valence-electron chi connectivity index (χ0n) is 13.6. The van der Waals surface area contributed by atoms with Gasteiger partial charge in [0.25, 0.3) is 11.1 Å². The topological polar surface area (TPSA) is 46.6 Å². The highest BCUT2D eigenvalue weighted by Crippen LogP contribution is 2.32. The third-order valence-corrected chi connectivity index (χ3v) is 4.63. The first-order chi connectivity index (χ1) is 12.1. The van der Waals surface area contributed by atoms with Gasteiger partial charge in [-0.3, -0.25) is 14.5 Å². The number of likely N-dealkylation sites (N-methyl/N-ethyl adjacent to an activating group) is 1. The van der Waals surface area contributed by atoms with Crippen LogP contribution in [0.2, 0.25) is 0 Å². The van der Waals surface area contributed by atoms with Crippen LogP contribution >= 0.6 is 11.8 Å². The third-order valence-electron chi connectivity index (χ3n) is 3.72. The predicted molar refractivity (Wildman–Crippen MR) is 95.5 cm³/mol. The molecule has 0 aromatic heterocycles. The van der Waals surface area contributed by atoms with Gasteiger partial charge < -0.3 is 4.74 Å². The molecule has 0 spiro atoms. The summed E-state index contributed by atoms with van der Waals surface area (Å²) in [4.78, 5) is 25.4. The molecule has 0 N–H and O–H groups in total. The Morgan fingerprint density at radius 3 is 2.48 bits per heavy atom. The molecule has 3 rings (SSSR count). The van der Waals surface area contributed by atoms with E-state index in [1.165, 1.54) is 11.0 Å². The molecule has 25 heavy (non-hydrogen) atoms. The maximum atomic E-state index is 13.6. The van der Waals surface area contributed by atoms with Crippen LogP contribution in [0.15, 0.2) is 53.4 Å². The van der Waals surface area contributed by atoms with Crippen molar-refractivity contribution in [3.05, 3.63) is 70.4 Å². The van der Waals surface area contributed by atoms with E-state index in [0.29, 0.717) is 22.8 Å². The lowest BCUT2D eigenvalue weighted by Gasteiger charge is -2.08. The summed E-state index contributed by atoms with van der Waals surface area (Å²) in [5, 5.41) is -0.247. The van der Waals surface area contributed by atoms with Crippen molar-refractivity contribution in [2.24, 2.45) is 0 Å². The van der Waals surface area contributed by atoms with Crippen molar-refractivity contribution in [2.45, 2.75) is 13.5 Å². The molecule has 0 saturated carbocycles. The normalized spacial score (nSPS) is 15.9. The van der Waals surface area contributed by atoms with Gasteiger partial charge in [0.05, 0.1) is 4.91 Å². The van der Waals surface area contributed by atoms with Crippen LogP contribution in [0.4, 0.5) is 9.18 Å². The zero-order valence-corrected chi connectivity index (χ0v) is 14.4. The van der Waals surface area contributed by atoms with Gasteiger partial charge >= 0.3 is 0 Å². The molecule has 6 heteroatoms. The van der Waals surface area contributed by atoms with Crippen LogP contribution in [0.25, 0.3) is 6.08 Å². The monoisotopic (exact) mass is 357 g/mol. The van der Waals surface area contributed by atoms with Gasteiger partial charge in [0, 0.05) is 12.1 Å². The summed E-state index contributed by atoms with van der Waals surface area (Å²) in [5.41, 5.74) is 1.28. The minimum Gasteiger partial charge on any atom is -0.489 e. The van der Waals surface area contributed by atoms with Crippen molar-refractivity contribution in [1.82, 2.24) is 4.90 Å². The molecule has 1 heterocycles. The Morgan fingerprint density at radius 1 is 1.12 bits per heavy atom. The molecule has 2 amide bonds. The highest BCUT2D eigenvalue weighted by molar-refractivity contribution is 8.18. The Morgan fingerprint density at radius 2 is 1.84 bits per heavy atom. The lowest BCUT2D eigenvalue weighted by molar-refractivity contribution is -0.122. The molecule has 0 aliphatic carbocycles. The second kappa shape index (κ2) is 7.53. The van der Waals surface area contributed by atoms with Crippen LogP contribution in [0.3, 0.4) is 0 Å². The smallest absolute Gasteiger partial charge is 0.293 e. The van der Waals surface area contributed by atoms with E-state index < -0.39 is 0 Å². The van der Waals surface area contributed by atoms with Crippen molar-refractivity contribution in [1.29, 1.82) is 0 Å². The van der Waals surface area contributed by atoms with E-state index >= 15 is 0 Å². The van der Waals surface area contributed by atoms with Crippen molar-refractivity contribution in [2.75, 3.05) is 6.54 Å². The number of carbonyl (C=O) groups is 2. The molecule has 1 fully saturated rings. The summed E-state index contributed by atoms with van der Waals surface area (Å²) in [7, 11) is 0. The average Bonchev–Trinajstić information content (AvgIpc) is 2.88. The maximum absolute atomic E-state index is 13.6. The SMILES string of the molecule is CCN1C(=O)S/C(=C/c2ccc(OCc3ccccc3F)cc2)C1=O. The third kappa shape index (κ3) is 3.91. The lowest BCUT2D eigenvalue weighted by atomic mass is 10.2. The number of carbonyl (C=O) groups excluding carboxylic acids is 2. The van der Waals surface area contributed by atoms with Gasteiger partial charge in [-0.15, -0.1) is 0 Å². The van der Waals surface area contributed by atoms with Crippen LogP contribution in [0.1, 0.15) is 18.1 Å². The predicted octanol–water partition coefficient (Wildman–Crippen LogP) is 4.46. The Labute approximate surface area is 149 Å². The van der Waals surface area contributed by atoms with E-state index in [1.54, 1.807) is 55.5 Å². The highest BCUT2D eigenvalue weighted by Gasteiger charge is 2.33. The number of hydrogen-bond acceptors (Lipinski definition) is 4.